The van der Waals surface area contributed by atoms with Crippen molar-refractivity contribution in [1.29, 1.82) is 0 Å². The molecule has 2 fully saturated rings. The maximum atomic E-state index is 13.4. The SMILES string of the molecule is Cn1c(=O)c2c(nc(N3CCC4CNCC43)n2Cc2ccc(F)cc2)n(C)c1=O.O=C(O)C(F)(F)F. The van der Waals surface area contributed by atoms with Gasteiger partial charge in [-0.1, -0.05) is 12.1 Å². The van der Waals surface area contributed by atoms with Gasteiger partial charge in [-0.15, -0.1) is 0 Å². The molecule has 1 aromatic carbocycles. The van der Waals surface area contributed by atoms with E-state index in [1.54, 1.807) is 19.2 Å². The molecule has 2 aromatic heterocycles. The Bertz CT molecular complexity index is 1410. The van der Waals surface area contributed by atoms with Crippen molar-refractivity contribution < 1.29 is 27.5 Å². The number of aliphatic carboxylic acids is 1. The zero-order valence-corrected chi connectivity index (χ0v) is 19.4. The van der Waals surface area contributed by atoms with Crippen molar-refractivity contribution in [2.45, 2.75) is 25.2 Å². The normalized spacial score (nSPS) is 19.3. The molecule has 10 nitrogen and oxygen atoms in total. The van der Waals surface area contributed by atoms with E-state index in [1.807, 2.05) is 4.57 Å². The lowest BCUT2D eigenvalue weighted by molar-refractivity contribution is -0.192. The smallest absolute Gasteiger partial charge is 0.475 e. The third-order valence-corrected chi connectivity index (χ3v) is 6.53. The third kappa shape index (κ3) is 4.59. The van der Waals surface area contributed by atoms with E-state index in [2.05, 4.69) is 10.2 Å². The van der Waals surface area contributed by atoms with Crippen molar-refractivity contribution in [2.24, 2.45) is 20.0 Å². The molecule has 0 bridgehead atoms. The van der Waals surface area contributed by atoms with Gasteiger partial charge in [0, 0.05) is 39.8 Å². The quantitative estimate of drug-likeness (QED) is 0.505. The number of fused-ring (bicyclic) bond motifs is 2. The highest BCUT2D eigenvalue weighted by atomic mass is 19.4. The summed E-state index contributed by atoms with van der Waals surface area (Å²) < 4.78 is 49.5. The van der Waals surface area contributed by atoms with E-state index in [9.17, 15) is 27.2 Å². The number of hydrogen-bond donors (Lipinski definition) is 2. The van der Waals surface area contributed by atoms with Gasteiger partial charge in [0.15, 0.2) is 11.2 Å². The highest BCUT2D eigenvalue weighted by molar-refractivity contribution is 5.75. The number of carboxylic acid groups (broad SMARTS) is 1. The van der Waals surface area contributed by atoms with Crippen LogP contribution >= 0.6 is 0 Å². The number of imidazole rings is 1. The van der Waals surface area contributed by atoms with Crippen molar-refractivity contribution in [3.63, 3.8) is 0 Å². The Morgan fingerprint density at radius 1 is 1.14 bits per heavy atom. The Kier molecular flexibility index (Phi) is 6.64. The van der Waals surface area contributed by atoms with Crippen molar-refractivity contribution in [1.82, 2.24) is 24.0 Å². The number of carbonyl (C=O) groups is 1. The second-order valence-electron chi connectivity index (χ2n) is 8.77. The minimum atomic E-state index is -5.08. The van der Waals surface area contributed by atoms with Crippen LogP contribution in [0.4, 0.5) is 23.5 Å². The van der Waals surface area contributed by atoms with Crippen LogP contribution in [0.15, 0.2) is 33.9 Å². The predicted octanol–water partition coefficient (Wildman–Crippen LogP) is 1.05. The summed E-state index contributed by atoms with van der Waals surface area (Å²) in [5, 5.41) is 10.6. The molecule has 0 amide bonds. The summed E-state index contributed by atoms with van der Waals surface area (Å²) in [4.78, 5) is 41.4. The molecule has 0 aliphatic carbocycles. The topological polar surface area (TPSA) is 114 Å². The molecule has 2 unspecified atom stereocenters. The van der Waals surface area contributed by atoms with E-state index < -0.39 is 17.8 Å². The van der Waals surface area contributed by atoms with Gasteiger partial charge in [0.1, 0.15) is 5.82 Å². The number of hydrogen-bond acceptors (Lipinski definition) is 6. The summed E-state index contributed by atoms with van der Waals surface area (Å²) in [6.07, 6.45) is -4.02. The Labute approximate surface area is 201 Å². The van der Waals surface area contributed by atoms with Crippen LogP contribution in [0.1, 0.15) is 12.0 Å². The van der Waals surface area contributed by atoms with E-state index in [1.165, 1.54) is 23.7 Å². The molecule has 0 saturated carbocycles. The van der Waals surface area contributed by atoms with Gasteiger partial charge in [-0.2, -0.15) is 18.2 Å². The molecule has 4 heterocycles. The summed E-state index contributed by atoms with van der Waals surface area (Å²) >= 11 is 0. The van der Waals surface area contributed by atoms with Crippen molar-refractivity contribution in [2.75, 3.05) is 24.5 Å². The largest absolute Gasteiger partial charge is 0.490 e. The van der Waals surface area contributed by atoms with Gasteiger partial charge in [0.25, 0.3) is 5.56 Å². The van der Waals surface area contributed by atoms with E-state index in [4.69, 9.17) is 14.9 Å². The van der Waals surface area contributed by atoms with Gasteiger partial charge >= 0.3 is 17.8 Å². The summed E-state index contributed by atoms with van der Waals surface area (Å²) in [5.41, 5.74) is 0.864. The molecule has 2 atom stereocenters. The summed E-state index contributed by atoms with van der Waals surface area (Å²) in [7, 11) is 3.11. The molecule has 2 N–H and O–H groups in total. The Morgan fingerprint density at radius 3 is 2.39 bits per heavy atom. The predicted molar refractivity (Wildman–Crippen MR) is 122 cm³/mol. The van der Waals surface area contributed by atoms with Gasteiger partial charge in [-0.3, -0.25) is 18.5 Å². The molecule has 2 saturated heterocycles. The van der Waals surface area contributed by atoms with E-state index >= 15 is 0 Å². The fourth-order valence-corrected chi connectivity index (χ4v) is 4.67. The number of carboxylic acids is 1. The molecule has 0 spiro atoms. The van der Waals surface area contributed by atoms with Crippen molar-refractivity contribution >= 4 is 23.1 Å². The number of anilines is 1. The third-order valence-electron chi connectivity index (χ3n) is 6.53. The average Bonchev–Trinajstić information content (AvgIpc) is 3.52. The summed E-state index contributed by atoms with van der Waals surface area (Å²) in [6.45, 7) is 3.10. The maximum absolute atomic E-state index is 13.4. The highest BCUT2D eigenvalue weighted by Crippen LogP contribution is 2.33. The van der Waals surface area contributed by atoms with E-state index in [0.717, 1.165) is 36.2 Å². The van der Waals surface area contributed by atoms with Crippen LogP contribution in [0.5, 0.6) is 0 Å². The lowest BCUT2D eigenvalue weighted by atomic mass is 10.1. The number of benzene rings is 1. The minimum Gasteiger partial charge on any atom is -0.475 e. The standard InChI is InChI=1S/C20H23FN6O2.C2HF3O2/c1-24-17-16(18(28)25(2)20(24)29)27(11-12-3-5-14(21)6-4-12)19(23-17)26-8-7-13-9-22-10-15(13)26;3-2(4,5)1(6)7/h3-6,13,15,22H,7-11H2,1-2H3;(H,6,7). The van der Waals surface area contributed by atoms with Gasteiger partial charge in [-0.05, 0) is 30.0 Å². The lowest BCUT2D eigenvalue weighted by Gasteiger charge is -2.25. The van der Waals surface area contributed by atoms with Crippen LogP contribution in [0.25, 0.3) is 11.2 Å². The Hall–Kier alpha value is -3.68. The molecular formula is C22H24F4N6O4. The van der Waals surface area contributed by atoms with Crippen LogP contribution in [0.3, 0.4) is 0 Å². The van der Waals surface area contributed by atoms with Gasteiger partial charge < -0.3 is 15.3 Å². The van der Waals surface area contributed by atoms with Crippen LogP contribution < -0.4 is 21.5 Å². The fourth-order valence-electron chi connectivity index (χ4n) is 4.67. The number of aryl methyl sites for hydroxylation is 1. The number of alkyl halides is 3. The summed E-state index contributed by atoms with van der Waals surface area (Å²) in [5.74, 6) is -1.81. The molecule has 2 aliphatic rings. The monoisotopic (exact) mass is 512 g/mol. The zero-order chi connectivity index (χ0) is 26.4. The Balaban J connectivity index is 0.000000384. The fraction of sp³-hybridized carbons (Fsp3) is 0.455. The van der Waals surface area contributed by atoms with Crippen LogP contribution in [0, 0.1) is 11.7 Å². The van der Waals surface area contributed by atoms with Crippen molar-refractivity contribution in [3.8, 4) is 0 Å². The van der Waals surface area contributed by atoms with E-state index in [0.29, 0.717) is 35.6 Å². The van der Waals surface area contributed by atoms with Crippen LogP contribution in [-0.2, 0) is 25.4 Å². The first-order chi connectivity index (χ1) is 16.9. The molecule has 194 valence electrons. The first-order valence-corrected chi connectivity index (χ1v) is 11.1. The molecular weight excluding hydrogens is 488 g/mol. The number of nitrogens with one attached hydrogen (secondary N) is 1. The molecule has 0 radical (unpaired) electrons. The number of aromatic nitrogens is 4. The van der Waals surface area contributed by atoms with Crippen molar-refractivity contribution in [3.05, 3.63) is 56.5 Å². The second kappa shape index (κ2) is 9.41. The Morgan fingerprint density at radius 2 is 1.78 bits per heavy atom. The van der Waals surface area contributed by atoms with Gasteiger partial charge in [0.05, 0.1) is 6.54 Å². The molecule has 36 heavy (non-hydrogen) atoms. The molecule has 3 aromatic rings. The average molecular weight is 512 g/mol. The molecule has 2 aliphatic heterocycles. The van der Waals surface area contributed by atoms with Gasteiger partial charge in [0.2, 0.25) is 5.95 Å². The maximum Gasteiger partial charge on any atom is 0.490 e. The highest BCUT2D eigenvalue weighted by Gasteiger charge is 2.40. The molecule has 5 rings (SSSR count). The number of nitrogens with zero attached hydrogens (tertiary/aromatic N) is 5. The zero-order valence-electron chi connectivity index (χ0n) is 19.4. The number of halogens is 4. The second-order valence-corrected chi connectivity index (χ2v) is 8.77. The lowest BCUT2D eigenvalue weighted by Crippen LogP contribution is -2.38. The minimum absolute atomic E-state index is 0.304. The first-order valence-electron chi connectivity index (χ1n) is 11.1. The first kappa shape index (κ1) is 25.4. The van der Waals surface area contributed by atoms with Crippen LogP contribution in [-0.4, -0.2) is 61.6 Å². The van der Waals surface area contributed by atoms with Gasteiger partial charge in [-0.25, -0.2) is 14.0 Å². The molecule has 14 heteroatoms. The van der Waals surface area contributed by atoms with E-state index in [-0.39, 0.29) is 11.4 Å². The summed E-state index contributed by atoms with van der Waals surface area (Å²) in [6, 6.07) is 6.56. The number of rotatable bonds is 3. The van der Waals surface area contributed by atoms with Crippen LogP contribution in [0.2, 0.25) is 0 Å².